The summed E-state index contributed by atoms with van der Waals surface area (Å²) in [5.74, 6) is -3.30. The molecular formula is C15H19F3N2O3. The second kappa shape index (κ2) is 4.84. The highest BCUT2D eigenvalue weighted by molar-refractivity contribution is 5.82. The van der Waals surface area contributed by atoms with Crippen molar-refractivity contribution in [1.29, 1.82) is 0 Å². The molecule has 0 aromatic rings. The minimum absolute atomic E-state index is 0.0456. The highest BCUT2D eigenvalue weighted by Gasteiger charge is 2.63. The predicted octanol–water partition coefficient (Wildman–Crippen LogP) is 1.08. The first-order chi connectivity index (χ1) is 10.8. The molecular weight excluding hydrogens is 313 g/mol. The van der Waals surface area contributed by atoms with Gasteiger partial charge in [-0.3, -0.25) is 9.59 Å². The molecule has 4 fully saturated rings. The third-order valence-electron chi connectivity index (χ3n) is 5.88. The lowest BCUT2D eigenvalue weighted by Crippen LogP contribution is -2.48. The Hall–Kier alpha value is -1.31. The van der Waals surface area contributed by atoms with Gasteiger partial charge < -0.3 is 15.0 Å². The maximum Gasteiger partial charge on any atom is 0.395 e. The van der Waals surface area contributed by atoms with Crippen LogP contribution in [-0.4, -0.2) is 54.7 Å². The van der Waals surface area contributed by atoms with Crippen LogP contribution < -0.4 is 5.32 Å². The lowest BCUT2D eigenvalue weighted by molar-refractivity contribution is -0.199. The molecule has 4 aliphatic heterocycles. The minimum Gasteiger partial charge on any atom is -0.373 e. The molecule has 0 radical (unpaired) electrons. The van der Waals surface area contributed by atoms with Gasteiger partial charge in [0.05, 0.1) is 24.0 Å². The van der Waals surface area contributed by atoms with E-state index in [2.05, 4.69) is 5.32 Å². The number of nitrogens with zero attached hydrogens (tertiary/aromatic N) is 1. The van der Waals surface area contributed by atoms with E-state index in [1.165, 1.54) is 4.90 Å². The maximum absolute atomic E-state index is 13.4. The zero-order valence-electron chi connectivity index (χ0n) is 12.6. The van der Waals surface area contributed by atoms with E-state index in [9.17, 15) is 22.8 Å². The van der Waals surface area contributed by atoms with Crippen molar-refractivity contribution in [1.82, 2.24) is 10.2 Å². The first-order valence-electron chi connectivity index (χ1n) is 8.07. The Morgan fingerprint density at radius 3 is 2.70 bits per heavy atom. The van der Waals surface area contributed by atoms with Crippen LogP contribution >= 0.6 is 0 Å². The van der Waals surface area contributed by atoms with Gasteiger partial charge in [-0.25, -0.2) is 0 Å². The molecule has 23 heavy (non-hydrogen) atoms. The maximum atomic E-state index is 13.4. The molecule has 4 aliphatic rings. The molecule has 0 aliphatic carbocycles. The van der Waals surface area contributed by atoms with E-state index < -0.39 is 36.1 Å². The molecule has 2 bridgehead atoms. The number of halogens is 3. The van der Waals surface area contributed by atoms with Crippen molar-refractivity contribution in [2.75, 3.05) is 19.6 Å². The van der Waals surface area contributed by atoms with Gasteiger partial charge in [0.2, 0.25) is 11.8 Å². The number of hydrogen-bond donors (Lipinski definition) is 1. The molecule has 1 spiro atoms. The molecule has 4 saturated heterocycles. The lowest BCUT2D eigenvalue weighted by Gasteiger charge is -2.32. The number of fused-ring (bicyclic) bond motifs is 2. The topological polar surface area (TPSA) is 58.6 Å². The van der Waals surface area contributed by atoms with Crippen molar-refractivity contribution in [3.8, 4) is 0 Å². The van der Waals surface area contributed by atoms with Crippen LogP contribution in [0.15, 0.2) is 0 Å². The molecule has 5 nitrogen and oxygen atoms in total. The summed E-state index contributed by atoms with van der Waals surface area (Å²) in [5.41, 5.74) is -0.293. The fourth-order valence-electron chi connectivity index (χ4n) is 4.78. The molecule has 2 amide bonds. The smallest absolute Gasteiger partial charge is 0.373 e. The van der Waals surface area contributed by atoms with E-state index >= 15 is 0 Å². The second-order valence-corrected chi connectivity index (χ2v) is 7.35. The Balaban J connectivity index is 1.52. The SMILES string of the molecule is O=C1CC2(CCN(C(=O)C3C4CCC(O4)C3C(F)(F)F)C2)CN1. The van der Waals surface area contributed by atoms with E-state index in [0.717, 1.165) is 0 Å². The fourth-order valence-corrected chi connectivity index (χ4v) is 4.78. The van der Waals surface area contributed by atoms with Gasteiger partial charge in [0.1, 0.15) is 0 Å². The second-order valence-electron chi connectivity index (χ2n) is 7.35. The van der Waals surface area contributed by atoms with Gasteiger partial charge in [-0.05, 0) is 19.3 Å². The largest absolute Gasteiger partial charge is 0.395 e. The van der Waals surface area contributed by atoms with Crippen LogP contribution in [0.1, 0.15) is 25.7 Å². The van der Waals surface area contributed by atoms with E-state index in [1.807, 2.05) is 0 Å². The van der Waals surface area contributed by atoms with Crippen molar-refractivity contribution in [2.45, 2.75) is 44.1 Å². The van der Waals surface area contributed by atoms with Crippen LogP contribution in [0.4, 0.5) is 13.2 Å². The monoisotopic (exact) mass is 332 g/mol. The van der Waals surface area contributed by atoms with E-state index in [-0.39, 0.29) is 11.3 Å². The standard InChI is InChI=1S/C15H19F3N2O3/c16-15(17,18)12-9-2-1-8(23-9)11(12)13(22)20-4-3-14(7-20)5-10(21)19-6-14/h8-9,11-12H,1-7H2,(H,19,21). The highest BCUT2D eigenvalue weighted by atomic mass is 19.4. The summed E-state index contributed by atoms with van der Waals surface area (Å²) < 4.78 is 45.5. The predicted molar refractivity (Wildman–Crippen MR) is 72.2 cm³/mol. The zero-order valence-corrected chi connectivity index (χ0v) is 12.6. The first-order valence-corrected chi connectivity index (χ1v) is 8.07. The van der Waals surface area contributed by atoms with Gasteiger partial charge >= 0.3 is 6.18 Å². The number of carbonyl (C=O) groups excluding carboxylic acids is 2. The summed E-state index contributed by atoms with van der Waals surface area (Å²) >= 11 is 0. The van der Waals surface area contributed by atoms with Gasteiger partial charge in [0, 0.05) is 31.5 Å². The van der Waals surface area contributed by atoms with Crippen LogP contribution in [-0.2, 0) is 14.3 Å². The third kappa shape index (κ3) is 2.33. The van der Waals surface area contributed by atoms with Gasteiger partial charge in [0.15, 0.2) is 0 Å². The Labute approximate surface area is 131 Å². The molecule has 1 N–H and O–H groups in total. The number of alkyl halides is 3. The quantitative estimate of drug-likeness (QED) is 0.782. The summed E-state index contributed by atoms with van der Waals surface area (Å²) in [7, 11) is 0. The highest BCUT2D eigenvalue weighted by Crippen LogP contribution is 2.51. The van der Waals surface area contributed by atoms with Gasteiger partial charge in [-0.1, -0.05) is 0 Å². The third-order valence-corrected chi connectivity index (χ3v) is 5.88. The number of likely N-dealkylation sites (tertiary alicyclic amines) is 1. The van der Waals surface area contributed by atoms with Crippen LogP contribution in [0.5, 0.6) is 0 Å². The number of hydrogen-bond acceptors (Lipinski definition) is 3. The number of ether oxygens (including phenoxy) is 1. The van der Waals surface area contributed by atoms with Crippen LogP contribution in [0.25, 0.3) is 0 Å². The average molecular weight is 332 g/mol. The average Bonchev–Trinajstić information content (AvgIpc) is 3.22. The van der Waals surface area contributed by atoms with Crippen LogP contribution in [0, 0.1) is 17.3 Å². The van der Waals surface area contributed by atoms with E-state index in [4.69, 9.17) is 4.74 Å². The van der Waals surface area contributed by atoms with Crippen LogP contribution in [0.2, 0.25) is 0 Å². The number of rotatable bonds is 1. The Kier molecular flexibility index (Phi) is 3.21. The van der Waals surface area contributed by atoms with Crippen molar-refractivity contribution in [3.05, 3.63) is 0 Å². The zero-order chi connectivity index (χ0) is 16.4. The molecule has 5 atom stereocenters. The molecule has 8 heteroatoms. The lowest BCUT2D eigenvalue weighted by atomic mass is 9.78. The molecule has 0 saturated carbocycles. The minimum atomic E-state index is -4.41. The first kappa shape index (κ1) is 15.2. The molecule has 4 rings (SSSR count). The summed E-state index contributed by atoms with van der Waals surface area (Å²) in [4.78, 5) is 25.7. The summed E-state index contributed by atoms with van der Waals surface area (Å²) in [6.07, 6.45) is -3.99. The Morgan fingerprint density at radius 2 is 2.04 bits per heavy atom. The number of carbonyl (C=O) groups is 2. The van der Waals surface area contributed by atoms with Crippen LogP contribution in [0.3, 0.4) is 0 Å². The number of nitrogens with one attached hydrogen (secondary N) is 1. The van der Waals surface area contributed by atoms with E-state index in [0.29, 0.717) is 45.3 Å². The molecule has 0 aromatic heterocycles. The fraction of sp³-hybridized carbons (Fsp3) is 0.867. The molecule has 0 aromatic carbocycles. The molecule has 4 heterocycles. The van der Waals surface area contributed by atoms with Crippen molar-refractivity contribution < 1.29 is 27.5 Å². The van der Waals surface area contributed by atoms with Crippen molar-refractivity contribution in [2.24, 2.45) is 17.3 Å². The summed E-state index contributed by atoms with van der Waals surface area (Å²) in [6, 6.07) is 0. The van der Waals surface area contributed by atoms with Crippen molar-refractivity contribution >= 4 is 11.8 Å². The molecule has 128 valence electrons. The summed E-state index contributed by atoms with van der Waals surface area (Å²) in [5, 5.41) is 2.76. The van der Waals surface area contributed by atoms with Gasteiger partial charge in [0.25, 0.3) is 0 Å². The van der Waals surface area contributed by atoms with Gasteiger partial charge in [-0.2, -0.15) is 13.2 Å². The Morgan fingerprint density at radius 1 is 1.30 bits per heavy atom. The van der Waals surface area contributed by atoms with Crippen molar-refractivity contribution in [3.63, 3.8) is 0 Å². The number of amides is 2. The summed E-state index contributed by atoms with van der Waals surface area (Å²) in [6.45, 7) is 1.29. The Bertz CT molecular complexity index is 553. The van der Waals surface area contributed by atoms with E-state index in [1.54, 1.807) is 0 Å². The van der Waals surface area contributed by atoms with Gasteiger partial charge in [-0.15, -0.1) is 0 Å². The molecule has 5 unspecified atom stereocenters. The normalized spacial score (nSPS) is 42.7.